The maximum atomic E-state index is 10.2. The number of aliphatic hydroxyl groups excluding tert-OH is 1. The normalized spacial score (nSPS) is 12.3. The summed E-state index contributed by atoms with van der Waals surface area (Å²) in [5.74, 6) is 0.772. The summed E-state index contributed by atoms with van der Waals surface area (Å²) in [4.78, 5) is 3.37. The summed E-state index contributed by atoms with van der Waals surface area (Å²) >= 11 is 5.19. The summed E-state index contributed by atoms with van der Waals surface area (Å²) in [6.45, 7) is 1.67. The molecule has 3 nitrogen and oxygen atoms in total. The summed E-state index contributed by atoms with van der Waals surface area (Å²) < 4.78 is 6.86. The predicted molar refractivity (Wildman–Crippen MR) is 112 cm³/mol. The molecular formula is C21H22BrNO2S. The third-order valence-electron chi connectivity index (χ3n) is 3.98. The monoisotopic (exact) mass is 431 g/mol. The van der Waals surface area contributed by atoms with E-state index in [9.17, 15) is 5.11 Å². The second-order valence-corrected chi connectivity index (χ2v) is 8.81. The van der Waals surface area contributed by atoms with Crippen LogP contribution in [0.25, 0.3) is 11.1 Å². The van der Waals surface area contributed by atoms with Gasteiger partial charge in [0.15, 0.2) is 0 Å². The first-order valence-corrected chi connectivity index (χ1v) is 10.1. The fraction of sp³-hybridized carbons (Fsp3) is 0.238. The van der Waals surface area contributed by atoms with Crippen LogP contribution in [0.2, 0.25) is 0 Å². The third kappa shape index (κ3) is 5.68. The van der Waals surface area contributed by atoms with Crippen molar-refractivity contribution in [2.75, 3.05) is 20.2 Å². The van der Waals surface area contributed by atoms with Crippen LogP contribution in [-0.2, 0) is 6.54 Å². The molecule has 0 fully saturated rings. The van der Waals surface area contributed by atoms with E-state index in [4.69, 9.17) is 4.74 Å². The van der Waals surface area contributed by atoms with Crippen LogP contribution in [0.4, 0.5) is 0 Å². The molecule has 0 bridgehead atoms. The highest BCUT2D eigenvalue weighted by atomic mass is 79.9. The fourth-order valence-corrected chi connectivity index (χ4v) is 4.31. The average Bonchev–Trinajstić information content (AvgIpc) is 3.05. The Morgan fingerprint density at radius 2 is 1.69 bits per heavy atom. The molecule has 1 N–H and O–H groups in total. The molecular weight excluding hydrogens is 410 g/mol. The average molecular weight is 432 g/mol. The Bertz CT molecular complexity index is 804. The van der Waals surface area contributed by atoms with Crippen LogP contribution < -0.4 is 4.74 Å². The largest absolute Gasteiger partial charge is 0.491 e. The van der Waals surface area contributed by atoms with Crippen molar-refractivity contribution in [2.45, 2.75) is 12.6 Å². The van der Waals surface area contributed by atoms with Gasteiger partial charge < -0.3 is 9.84 Å². The minimum Gasteiger partial charge on any atom is -0.491 e. The Hall–Kier alpha value is -1.66. The lowest BCUT2D eigenvalue weighted by Gasteiger charge is -2.20. The molecule has 0 unspecified atom stereocenters. The molecule has 0 saturated heterocycles. The number of benzene rings is 2. The van der Waals surface area contributed by atoms with Crippen LogP contribution in [0.3, 0.4) is 0 Å². The molecule has 136 valence electrons. The molecule has 3 rings (SSSR count). The second-order valence-electron chi connectivity index (χ2n) is 6.26. The molecule has 0 saturated carbocycles. The van der Waals surface area contributed by atoms with Crippen molar-refractivity contribution >= 4 is 27.3 Å². The minimum absolute atomic E-state index is 0.281. The molecule has 2 aromatic carbocycles. The van der Waals surface area contributed by atoms with E-state index in [0.29, 0.717) is 6.54 Å². The molecule has 0 amide bonds. The van der Waals surface area contributed by atoms with Crippen molar-refractivity contribution in [1.82, 2.24) is 4.90 Å². The van der Waals surface area contributed by atoms with Crippen molar-refractivity contribution in [3.8, 4) is 16.9 Å². The Kier molecular flexibility index (Phi) is 6.86. The quantitative estimate of drug-likeness (QED) is 0.541. The van der Waals surface area contributed by atoms with Gasteiger partial charge in [0.25, 0.3) is 0 Å². The standard InChI is InChI=1S/C21H22BrNO2S/c1-23(14-20-11-12-21(22)26-20)13-18(24)15-25-19-9-7-17(8-10-19)16-5-3-2-4-6-16/h2-12,18,24H,13-15H2,1H3/t18-/m1/s1. The smallest absolute Gasteiger partial charge is 0.119 e. The summed E-state index contributed by atoms with van der Waals surface area (Å²) in [6, 6.07) is 22.4. The minimum atomic E-state index is -0.530. The lowest BCUT2D eigenvalue weighted by molar-refractivity contribution is 0.0746. The molecule has 3 aromatic rings. The van der Waals surface area contributed by atoms with Gasteiger partial charge in [-0.1, -0.05) is 42.5 Å². The maximum Gasteiger partial charge on any atom is 0.119 e. The zero-order valence-corrected chi connectivity index (χ0v) is 17.0. The van der Waals surface area contributed by atoms with Crippen LogP contribution in [0.15, 0.2) is 70.5 Å². The number of likely N-dealkylation sites (N-methyl/N-ethyl adjacent to an activating group) is 1. The van der Waals surface area contributed by atoms with Gasteiger partial charge in [0.05, 0.1) is 3.79 Å². The van der Waals surface area contributed by atoms with Crippen LogP contribution in [0, 0.1) is 0 Å². The van der Waals surface area contributed by atoms with E-state index in [-0.39, 0.29) is 6.61 Å². The molecule has 1 atom stereocenters. The Balaban J connectivity index is 1.46. The molecule has 26 heavy (non-hydrogen) atoms. The van der Waals surface area contributed by atoms with Crippen molar-refractivity contribution in [1.29, 1.82) is 0 Å². The number of rotatable bonds is 8. The SMILES string of the molecule is CN(Cc1ccc(Br)s1)C[C@@H](O)COc1ccc(-c2ccccc2)cc1. The van der Waals surface area contributed by atoms with Crippen molar-refractivity contribution < 1.29 is 9.84 Å². The Morgan fingerprint density at radius 1 is 1.00 bits per heavy atom. The van der Waals surface area contributed by atoms with Crippen molar-refractivity contribution in [3.63, 3.8) is 0 Å². The Morgan fingerprint density at radius 3 is 2.35 bits per heavy atom. The maximum absolute atomic E-state index is 10.2. The van der Waals surface area contributed by atoms with Gasteiger partial charge in [-0.3, -0.25) is 4.90 Å². The van der Waals surface area contributed by atoms with E-state index >= 15 is 0 Å². The van der Waals surface area contributed by atoms with Gasteiger partial charge in [-0.2, -0.15) is 0 Å². The predicted octanol–water partition coefficient (Wildman–Crippen LogP) is 5.05. The van der Waals surface area contributed by atoms with Crippen LogP contribution in [0.1, 0.15) is 4.88 Å². The van der Waals surface area contributed by atoms with Gasteiger partial charge in [0.1, 0.15) is 18.5 Å². The van der Waals surface area contributed by atoms with Crippen LogP contribution in [0.5, 0.6) is 5.75 Å². The number of halogens is 1. The van der Waals surface area contributed by atoms with E-state index in [1.165, 1.54) is 10.4 Å². The molecule has 1 aromatic heterocycles. The topological polar surface area (TPSA) is 32.7 Å². The van der Waals surface area contributed by atoms with E-state index in [0.717, 1.165) is 21.6 Å². The first-order valence-electron chi connectivity index (χ1n) is 8.49. The molecule has 0 aliphatic rings. The van der Waals surface area contributed by atoms with Crippen molar-refractivity contribution in [2.24, 2.45) is 0 Å². The van der Waals surface area contributed by atoms with Crippen LogP contribution >= 0.6 is 27.3 Å². The van der Waals surface area contributed by atoms with Gasteiger partial charge in [-0.25, -0.2) is 0 Å². The molecule has 1 heterocycles. The summed E-state index contributed by atoms with van der Waals surface area (Å²) in [5.41, 5.74) is 2.33. The Labute approximate surface area is 167 Å². The number of aliphatic hydroxyl groups is 1. The molecule has 0 aliphatic carbocycles. The molecule has 0 radical (unpaired) electrons. The van der Waals surface area contributed by atoms with Gasteiger partial charge in [0.2, 0.25) is 0 Å². The highest BCUT2D eigenvalue weighted by molar-refractivity contribution is 9.11. The number of thiophene rings is 1. The van der Waals surface area contributed by atoms with E-state index in [1.807, 2.05) is 55.6 Å². The van der Waals surface area contributed by atoms with E-state index in [2.05, 4.69) is 39.0 Å². The first-order chi connectivity index (χ1) is 12.6. The van der Waals surface area contributed by atoms with Gasteiger partial charge >= 0.3 is 0 Å². The van der Waals surface area contributed by atoms with Crippen LogP contribution in [-0.4, -0.2) is 36.3 Å². The van der Waals surface area contributed by atoms with E-state index < -0.39 is 6.10 Å². The lowest BCUT2D eigenvalue weighted by atomic mass is 10.1. The molecule has 0 aliphatic heterocycles. The van der Waals surface area contributed by atoms with Crippen molar-refractivity contribution in [3.05, 3.63) is 75.4 Å². The summed E-state index contributed by atoms with van der Waals surface area (Å²) in [6.07, 6.45) is -0.530. The summed E-state index contributed by atoms with van der Waals surface area (Å²) in [7, 11) is 2.01. The lowest BCUT2D eigenvalue weighted by Crippen LogP contribution is -2.32. The molecule has 0 spiro atoms. The number of hydrogen-bond acceptors (Lipinski definition) is 4. The summed E-state index contributed by atoms with van der Waals surface area (Å²) in [5, 5.41) is 10.2. The first kappa shape index (κ1) is 19.1. The highest BCUT2D eigenvalue weighted by Crippen LogP contribution is 2.23. The van der Waals surface area contributed by atoms with Gasteiger partial charge in [-0.15, -0.1) is 11.3 Å². The zero-order valence-electron chi connectivity index (χ0n) is 14.6. The number of ether oxygens (including phenoxy) is 1. The number of hydrogen-bond donors (Lipinski definition) is 1. The zero-order chi connectivity index (χ0) is 18.4. The fourth-order valence-electron chi connectivity index (χ4n) is 2.75. The van der Waals surface area contributed by atoms with Gasteiger partial charge in [0, 0.05) is 18.0 Å². The molecule has 5 heteroatoms. The third-order valence-corrected chi connectivity index (χ3v) is 5.59. The highest BCUT2D eigenvalue weighted by Gasteiger charge is 2.11. The second kappa shape index (κ2) is 9.33. The number of nitrogens with zero attached hydrogens (tertiary/aromatic N) is 1. The van der Waals surface area contributed by atoms with Gasteiger partial charge in [-0.05, 0) is 58.4 Å². The van der Waals surface area contributed by atoms with E-state index in [1.54, 1.807) is 11.3 Å².